The number of aromatic nitrogens is 2. The quantitative estimate of drug-likeness (QED) is 0.243. The van der Waals surface area contributed by atoms with Crippen LogP contribution < -0.4 is 9.80 Å². The van der Waals surface area contributed by atoms with Gasteiger partial charge in [-0.25, -0.2) is 4.98 Å². The molecule has 4 aromatic carbocycles. The highest BCUT2D eigenvalue weighted by Crippen LogP contribution is 2.41. The number of pyridine rings is 1. The monoisotopic (exact) mass is 501 g/mol. The fourth-order valence-corrected chi connectivity index (χ4v) is 6.16. The number of hydrogen-bond acceptors (Lipinski definition) is 4. The van der Waals surface area contributed by atoms with Gasteiger partial charge in [0.15, 0.2) is 0 Å². The average molecular weight is 502 g/mol. The van der Waals surface area contributed by atoms with Crippen molar-refractivity contribution >= 4 is 50.6 Å². The van der Waals surface area contributed by atoms with Gasteiger partial charge in [0.2, 0.25) is 0 Å². The highest BCUT2D eigenvalue weighted by atomic mass is 32.2. The summed E-state index contributed by atoms with van der Waals surface area (Å²) >= 11 is 1.71. The van der Waals surface area contributed by atoms with E-state index in [2.05, 4.69) is 105 Å². The topological polar surface area (TPSA) is 24.3 Å². The van der Waals surface area contributed by atoms with Crippen LogP contribution in [0.25, 0.3) is 27.6 Å². The second-order valence-corrected chi connectivity index (χ2v) is 10.4. The van der Waals surface area contributed by atoms with E-state index in [1.165, 1.54) is 11.4 Å². The molecule has 0 fully saturated rings. The maximum Gasteiger partial charge on any atom is 0.137 e. The number of hydrogen-bond donors (Lipinski definition) is 0. The van der Waals surface area contributed by atoms with Crippen LogP contribution in [0.5, 0.6) is 0 Å². The Hall–Kier alpha value is -4.22. The molecule has 2 aromatic heterocycles. The summed E-state index contributed by atoms with van der Waals surface area (Å²) in [5, 5.41) is 2.21. The Bertz CT molecular complexity index is 1900. The first-order valence-electron chi connectivity index (χ1n) is 13.7. The Labute approximate surface area is 225 Å². The smallest absolute Gasteiger partial charge is 0.137 e. The molecule has 0 saturated heterocycles. The Morgan fingerprint density at radius 1 is 0.757 bits per heavy atom. The van der Waals surface area contributed by atoms with Crippen molar-refractivity contribution in [2.24, 2.45) is 0 Å². The maximum atomic E-state index is 7.90. The molecule has 0 unspecified atom stereocenters. The van der Waals surface area contributed by atoms with Crippen LogP contribution in [0.3, 0.4) is 0 Å². The third-order valence-electron chi connectivity index (χ3n) is 6.92. The van der Waals surface area contributed by atoms with Gasteiger partial charge in [-0.05, 0) is 73.1 Å². The van der Waals surface area contributed by atoms with Crippen molar-refractivity contribution in [3.63, 3.8) is 0 Å². The maximum absolute atomic E-state index is 7.90. The molecule has 0 atom stereocenters. The minimum absolute atomic E-state index is 0.278. The lowest BCUT2D eigenvalue weighted by Crippen LogP contribution is -2.23. The second-order valence-electron chi connectivity index (χ2n) is 9.29. The Morgan fingerprint density at radius 3 is 2.49 bits per heavy atom. The number of benzene rings is 4. The van der Waals surface area contributed by atoms with Crippen LogP contribution in [0.1, 0.15) is 9.68 Å². The Morgan fingerprint density at radius 2 is 1.57 bits per heavy atom. The van der Waals surface area contributed by atoms with Gasteiger partial charge < -0.3 is 9.80 Å². The number of anilines is 3. The van der Waals surface area contributed by atoms with Crippen LogP contribution in [-0.2, 0) is 0 Å². The van der Waals surface area contributed by atoms with Gasteiger partial charge in [-0.15, -0.1) is 0 Å². The first kappa shape index (κ1) is 19.0. The number of nitrogens with zero attached hydrogens (tertiary/aromatic N) is 4. The highest BCUT2D eigenvalue weighted by Gasteiger charge is 2.24. The van der Waals surface area contributed by atoms with E-state index in [0.717, 1.165) is 44.0 Å². The zero-order valence-electron chi connectivity index (χ0n) is 23.3. The highest BCUT2D eigenvalue weighted by molar-refractivity contribution is 7.99. The van der Waals surface area contributed by atoms with Crippen LogP contribution in [0.15, 0.2) is 119 Å². The molecule has 0 N–H and O–H groups in total. The summed E-state index contributed by atoms with van der Waals surface area (Å²) < 4.78 is 25.8. The van der Waals surface area contributed by atoms with Crippen molar-refractivity contribution in [1.29, 1.82) is 0 Å². The third kappa shape index (κ3) is 3.74. The summed E-state index contributed by atoms with van der Waals surface area (Å²) in [7, 11) is 2.12. The molecule has 0 radical (unpaired) electrons. The van der Waals surface area contributed by atoms with E-state index in [4.69, 9.17) is 4.11 Å². The summed E-state index contributed by atoms with van der Waals surface area (Å²) in [6, 6.07) is 35.0. The van der Waals surface area contributed by atoms with Gasteiger partial charge in [-0.2, -0.15) is 0 Å². The summed E-state index contributed by atoms with van der Waals surface area (Å²) in [5.74, 6) is 0.598. The standard InChI is InChI=1S/C32H26N4S/c1-22-16-17-33-32(18-22)36-28-11-4-3-10-26(28)27-15-14-25(20-31(27)36)37-24-9-7-8-23(19-24)35-21-34(2)29-12-5-6-13-30(29)35/h3-20H,21H2,1-2H3/i1D3. The average Bonchev–Trinajstić information content (AvgIpc) is 3.47. The van der Waals surface area contributed by atoms with Gasteiger partial charge in [0, 0.05) is 43.6 Å². The molecule has 4 nitrogen and oxygen atoms in total. The Balaban J connectivity index is 1.29. The van der Waals surface area contributed by atoms with Crippen LogP contribution >= 0.6 is 11.8 Å². The third-order valence-corrected chi connectivity index (χ3v) is 7.90. The summed E-state index contributed by atoms with van der Waals surface area (Å²) in [6.45, 7) is -1.39. The molecule has 1 aliphatic rings. The fraction of sp³-hybridized carbons (Fsp3) is 0.0938. The van der Waals surface area contributed by atoms with Crippen LogP contribution in [0.4, 0.5) is 17.1 Å². The molecule has 1 aliphatic heterocycles. The molecule has 3 heterocycles. The van der Waals surface area contributed by atoms with E-state index < -0.39 is 6.85 Å². The van der Waals surface area contributed by atoms with E-state index in [0.29, 0.717) is 5.82 Å². The number of rotatable bonds is 4. The first-order chi connectivity index (χ1) is 19.4. The van der Waals surface area contributed by atoms with Crippen molar-refractivity contribution < 1.29 is 4.11 Å². The van der Waals surface area contributed by atoms with Crippen molar-refractivity contribution in [2.75, 3.05) is 23.5 Å². The molecular formula is C32H26N4S. The molecule has 0 aliphatic carbocycles. The minimum atomic E-state index is -2.20. The van der Waals surface area contributed by atoms with Gasteiger partial charge in [-0.3, -0.25) is 4.57 Å². The van der Waals surface area contributed by atoms with E-state index >= 15 is 0 Å². The van der Waals surface area contributed by atoms with E-state index in [1.54, 1.807) is 30.1 Å². The normalized spacial score (nSPS) is 14.6. The van der Waals surface area contributed by atoms with Crippen molar-refractivity contribution in [2.45, 2.75) is 16.6 Å². The fourth-order valence-electron chi connectivity index (χ4n) is 5.25. The SMILES string of the molecule is [2H]C([2H])([2H])c1ccnc(-n2c3ccccc3c3ccc(Sc4cccc(N5CN(C)c6ccccc65)c4)cc32)c1. The van der Waals surface area contributed by atoms with Gasteiger partial charge in [-0.1, -0.05) is 54.2 Å². The van der Waals surface area contributed by atoms with Gasteiger partial charge >= 0.3 is 0 Å². The van der Waals surface area contributed by atoms with Crippen molar-refractivity contribution in [1.82, 2.24) is 9.55 Å². The summed E-state index contributed by atoms with van der Waals surface area (Å²) in [5.41, 5.74) is 5.86. The molecule has 180 valence electrons. The molecule has 0 spiro atoms. The molecule has 0 amide bonds. The summed E-state index contributed by atoms with van der Waals surface area (Å²) in [6.07, 6.45) is 1.58. The van der Waals surface area contributed by atoms with Crippen molar-refractivity contribution in [3.8, 4) is 5.82 Å². The molecule has 6 aromatic rings. The zero-order chi connectivity index (χ0) is 27.4. The number of para-hydroxylation sites is 3. The van der Waals surface area contributed by atoms with E-state index in [1.807, 2.05) is 12.1 Å². The summed E-state index contributed by atoms with van der Waals surface area (Å²) in [4.78, 5) is 11.4. The molecule has 0 saturated carbocycles. The lowest BCUT2D eigenvalue weighted by atomic mass is 10.2. The minimum Gasteiger partial charge on any atom is -0.355 e. The van der Waals surface area contributed by atoms with Gasteiger partial charge in [0.1, 0.15) is 5.82 Å². The van der Waals surface area contributed by atoms with Crippen LogP contribution in [0.2, 0.25) is 0 Å². The second kappa shape index (κ2) is 8.71. The number of fused-ring (bicyclic) bond motifs is 4. The van der Waals surface area contributed by atoms with E-state index in [-0.39, 0.29) is 5.56 Å². The first-order valence-corrected chi connectivity index (χ1v) is 13.0. The van der Waals surface area contributed by atoms with Gasteiger partial charge in [0.25, 0.3) is 0 Å². The predicted octanol–water partition coefficient (Wildman–Crippen LogP) is 8.18. The predicted molar refractivity (Wildman–Crippen MR) is 156 cm³/mol. The largest absolute Gasteiger partial charge is 0.355 e. The molecule has 5 heteroatoms. The zero-order valence-corrected chi connectivity index (χ0v) is 21.1. The molecular weight excluding hydrogens is 472 g/mol. The Kier molecular flexibility index (Phi) is 4.47. The lowest BCUT2D eigenvalue weighted by molar-refractivity contribution is 0.948. The van der Waals surface area contributed by atoms with Crippen molar-refractivity contribution in [3.05, 3.63) is 115 Å². The van der Waals surface area contributed by atoms with Gasteiger partial charge in [0.05, 0.1) is 29.1 Å². The van der Waals surface area contributed by atoms with E-state index in [9.17, 15) is 0 Å². The van der Waals surface area contributed by atoms with Crippen LogP contribution in [0, 0.1) is 6.85 Å². The number of aryl methyl sites for hydroxylation is 1. The molecule has 37 heavy (non-hydrogen) atoms. The van der Waals surface area contributed by atoms with Crippen LogP contribution in [-0.4, -0.2) is 23.3 Å². The lowest BCUT2D eigenvalue weighted by Gasteiger charge is -2.20. The molecule has 7 rings (SSSR count). The molecule has 0 bridgehead atoms.